The molecule has 3 aromatic rings. The minimum atomic E-state index is -1.00. The first-order chi connectivity index (χ1) is 21.8. The molecule has 0 saturated heterocycles. The van der Waals surface area contributed by atoms with E-state index in [0.29, 0.717) is 18.8 Å². The van der Waals surface area contributed by atoms with E-state index in [9.17, 15) is 24.0 Å². The van der Waals surface area contributed by atoms with Gasteiger partial charge < -0.3 is 64.2 Å². The number of rotatable bonds is 12. The van der Waals surface area contributed by atoms with E-state index in [1.54, 1.807) is 6.20 Å². The summed E-state index contributed by atoms with van der Waals surface area (Å²) in [6.07, 6.45) is 6.12. The smallest absolute Gasteiger partial charge is 0.320 e. The summed E-state index contributed by atoms with van der Waals surface area (Å²) < 4.78 is 0. The van der Waals surface area contributed by atoms with Gasteiger partial charge in [0.2, 0.25) is 0 Å². The lowest BCUT2D eigenvalue weighted by Crippen LogP contribution is -2.32. The Morgan fingerprint density at radius 3 is 1.64 bits per heavy atom. The standard InChI is InChI=1S/C11H12N2O2.C6H9N3O2.C6H13NO2.2C3H7NO2/c12-9(11(14)15)5-7-6-13-10-4-2-1-3-8(7)10;7-5(6(10)11)1-4-2-8-3-9-4;1-4(2)3-5(7)6(8)9;1-2(4)3(5)6;4-2-1-3(5)6/h1-4,6,9,13H,5,12H2,(H,14,15);2-3,5H,1,7H2,(H,8,9)(H,10,11);4-5H,3,7H2,1-2H3,(H,8,9);2H,4H2,1H3,(H,5,6);1-2,4H2,(H,5,6). The molecule has 0 spiro atoms. The summed E-state index contributed by atoms with van der Waals surface area (Å²) in [7, 11) is 0. The van der Waals surface area contributed by atoms with Crippen molar-refractivity contribution < 1.29 is 49.5 Å². The minimum Gasteiger partial charge on any atom is -0.481 e. The van der Waals surface area contributed by atoms with Crippen molar-refractivity contribution >= 4 is 40.7 Å². The van der Waals surface area contributed by atoms with Crippen LogP contribution < -0.4 is 28.7 Å². The predicted molar refractivity (Wildman–Crippen MR) is 173 cm³/mol. The van der Waals surface area contributed by atoms with Gasteiger partial charge in [-0.05, 0) is 30.9 Å². The topological polar surface area (TPSA) is 361 Å². The number of aliphatic carboxylic acids is 5. The lowest BCUT2D eigenvalue weighted by molar-refractivity contribution is -0.139. The highest BCUT2D eigenvalue weighted by Crippen LogP contribution is 2.18. The fourth-order valence-corrected chi connectivity index (χ4v) is 3.08. The number of carbonyl (C=O) groups is 5. The number of carboxylic acids is 5. The average molecular weight is 669 g/mol. The molecule has 0 saturated carbocycles. The molecule has 0 fully saturated rings. The fraction of sp³-hybridized carbons (Fsp3) is 0.448. The van der Waals surface area contributed by atoms with Gasteiger partial charge in [-0.3, -0.25) is 24.0 Å². The van der Waals surface area contributed by atoms with Crippen LogP contribution in [0.15, 0.2) is 43.0 Å². The van der Waals surface area contributed by atoms with Gasteiger partial charge in [-0.25, -0.2) is 4.98 Å². The highest BCUT2D eigenvalue weighted by Gasteiger charge is 2.15. The number of nitrogens with one attached hydrogen (secondary N) is 2. The summed E-state index contributed by atoms with van der Waals surface area (Å²) in [6.45, 7) is 5.54. The number of nitrogens with two attached hydrogens (primary N) is 5. The van der Waals surface area contributed by atoms with Crippen LogP contribution in [0.2, 0.25) is 0 Å². The Morgan fingerprint density at radius 1 is 0.766 bits per heavy atom. The summed E-state index contributed by atoms with van der Waals surface area (Å²) in [6, 6.07) is 4.64. The summed E-state index contributed by atoms with van der Waals surface area (Å²) in [5, 5.41) is 42.2. The van der Waals surface area contributed by atoms with Crippen molar-refractivity contribution in [2.24, 2.45) is 34.6 Å². The number of nitrogens with zero attached hydrogens (tertiary/aromatic N) is 1. The van der Waals surface area contributed by atoms with E-state index in [-0.39, 0.29) is 19.4 Å². The van der Waals surface area contributed by atoms with E-state index in [1.807, 2.05) is 44.3 Å². The molecular weight excluding hydrogens is 620 g/mol. The Morgan fingerprint density at radius 2 is 1.28 bits per heavy atom. The third-order valence-corrected chi connectivity index (χ3v) is 5.53. The van der Waals surface area contributed by atoms with Crippen molar-refractivity contribution in [3.05, 3.63) is 54.2 Å². The van der Waals surface area contributed by atoms with Gasteiger partial charge in [0.25, 0.3) is 0 Å². The lowest BCUT2D eigenvalue weighted by atomic mass is 10.1. The van der Waals surface area contributed by atoms with Crippen molar-refractivity contribution in [3.8, 4) is 0 Å². The quantitative estimate of drug-likeness (QED) is 0.118. The van der Waals surface area contributed by atoms with Crippen molar-refractivity contribution in [2.75, 3.05) is 6.54 Å². The number of aromatic amines is 2. The average Bonchev–Trinajstić information content (AvgIpc) is 3.64. The van der Waals surface area contributed by atoms with Gasteiger partial charge in [0.05, 0.1) is 12.7 Å². The first kappa shape index (κ1) is 44.2. The molecule has 2 aromatic heterocycles. The van der Waals surface area contributed by atoms with E-state index in [0.717, 1.165) is 22.2 Å². The Hall–Kier alpha value is -4.88. The molecule has 4 atom stereocenters. The lowest BCUT2D eigenvalue weighted by Gasteiger charge is -2.07. The van der Waals surface area contributed by atoms with E-state index in [2.05, 4.69) is 15.0 Å². The first-order valence-electron chi connectivity index (χ1n) is 14.2. The zero-order chi connectivity index (χ0) is 36.7. The number of H-pyrrole nitrogens is 2. The summed E-state index contributed by atoms with van der Waals surface area (Å²) in [5.41, 5.74) is 28.3. The molecule has 264 valence electrons. The maximum absolute atomic E-state index is 10.6. The maximum Gasteiger partial charge on any atom is 0.320 e. The minimum absolute atomic E-state index is 0.0694. The third-order valence-electron chi connectivity index (χ3n) is 5.53. The SMILES string of the molecule is CC(C)CC(N)C(=O)O.CC(N)C(=O)O.NC(Cc1c[nH]c2ccccc12)C(=O)O.NC(Cc1cnc[nH]1)C(=O)O.NCCC(=O)O. The molecule has 0 bridgehead atoms. The van der Waals surface area contributed by atoms with E-state index < -0.39 is 54.0 Å². The molecule has 0 aliphatic carbocycles. The van der Waals surface area contributed by atoms with Crippen molar-refractivity contribution in [3.63, 3.8) is 0 Å². The summed E-state index contributed by atoms with van der Waals surface area (Å²) >= 11 is 0. The monoisotopic (exact) mass is 668 g/mol. The third kappa shape index (κ3) is 22.3. The first-order valence-corrected chi connectivity index (χ1v) is 14.2. The molecule has 18 nitrogen and oxygen atoms in total. The van der Waals surface area contributed by atoms with Crippen LogP contribution in [0.5, 0.6) is 0 Å². The Labute approximate surface area is 271 Å². The Bertz CT molecular complexity index is 1350. The zero-order valence-electron chi connectivity index (χ0n) is 26.6. The van der Waals surface area contributed by atoms with Gasteiger partial charge in [0, 0.05) is 48.4 Å². The van der Waals surface area contributed by atoms with E-state index >= 15 is 0 Å². The van der Waals surface area contributed by atoms with Gasteiger partial charge in [0.1, 0.15) is 24.2 Å². The largest absolute Gasteiger partial charge is 0.481 e. The molecule has 3 rings (SSSR count). The van der Waals surface area contributed by atoms with Crippen molar-refractivity contribution in [1.29, 1.82) is 0 Å². The molecular formula is C29H48N8O10. The highest BCUT2D eigenvalue weighted by molar-refractivity contribution is 5.84. The molecule has 17 N–H and O–H groups in total. The van der Waals surface area contributed by atoms with Crippen molar-refractivity contribution in [2.45, 2.75) is 70.6 Å². The zero-order valence-corrected chi connectivity index (χ0v) is 26.6. The number of imidazole rings is 1. The number of carboxylic acid groups (broad SMARTS) is 5. The molecule has 0 aliphatic rings. The number of hydrogen-bond donors (Lipinski definition) is 12. The van der Waals surface area contributed by atoms with E-state index in [1.165, 1.54) is 13.3 Å². The normalized spacial score (nSPS) is 12.5. The molecule has 47 heavy (non-hydrogen) atoms. The second-order valence-corrected chi connectivity index (χ2v) is 10.4. The molecule has 4 unspecified atom stereocenters. The number of para-hydroxylation sites is 1. The van der Waals surface area contributed by atoms with Gasteiger partial charge in [0.15, 0.2) is 0 Å². The van der Waals surface area contributed by atoms with Crippen LogP contribution in [0.4, 0.5) is 0 Å². The van der Waals surface area contributed by atoms with Crippen LogP contribution in [-0.4, -0.2) is 101 Å². The molecule has 0 radical (unpaired) electrons. The Balaban J connectivity index is 0. The summed E-state index contributed by atoms with van der Waals surface area (Å²) in [4.78, 5) is 59.7. The van der Waals surface area contributed by atoms with Crippen LogP contribution in [-0.2, 0) is 36.8 Å². The van der Waals surface area contributed by atoms with Crippen LogP contribution in [0.25, 0.3) is 10.9 Å². The van der Waals surface area contributed by atoms with E-state index in [4.69, 9.17) is 54.2 Å². The molecule has 0 amide bonds. The number of aromatic nitrogens is 3. The van der Waals surface area contributed by atoms with Gasteiger partial charge in [-0.15, -0.1) is 0 Å². The second kappa shape index (κ2) is 24.4. The molecule has 0 aliphatic heterocycles. The number of hydrogen-bond acceptors (Lipinski definition) is 11. The second-order valence-electron chi connectivity index (χ2n) is 10.4. The maximum atomic E-state index is 10.6. The highest BCUT2D eigenvalue weighted by atomic mass is 16.4. The van der Waals surface area contributed by atoms with Crippen LogP contribution in [0.1, 0.15) is 44.9 Å². The Kier molecular flexibility index (Phi) is 22.9. The van der Waals surface area contributed by atoms with Gasteiger partial charge in [-0.1, -0.05) is 32.0 Å². The van der Waals surface area contributed by atoms with Crippen LogP contribution in [0, 0.1) is 5.92 Å². The number of fused-ring (bicyclic) bond motifs is 1. The number of benzene rings is 1. The molecule has 1 aromatic carbocycles. The van der Waals surface area contributed by atoms with Gasteiger partial charge >= 0.3 is 29.8 Å². The fourth-order valence-electron chi connectivity index (χ4n) is 3.08. The van der Waals surface area contributed by atoms with Crippen molar-refractivity contribution in [1.82, 2.24) is 15.0 Å². The molecule has 2 heterocycles. The van der Waals surface area contributed by atoms with Crippen LogP contribution in [0.3, 0.4) is 0 Å². The summed E-state index contributed by atoms with van der Waals surface area (Å²) in [5.74, 6) is -4.33. The molecule has 18 heteroatoms. The van der Waals surface area contributed by atoms with Crippen LogP contribution >= 0.6 is 0 Å². The predicted octanol–water partition coefficient (Wildman–Crippen LogP) is -0.231. The van der Waals surface area contributed by atoms with Gasteiger partial charge in [-0.2, -0.15) is 0 Å².